The molecule has 1 aromatic rings. The lowest BCUT2D eigenvalue weighted by molar-refractivity contribution is 0.0513. The summed E-state index contributed by atoms with van der Waals surface area (Å²) in [6, 6.07) is 0. The zero-order valence-electron chi connectivity index (χ0n) is 8.18. The standard InChI is InChI=1S/C9H14N2O2/c1-4-7-6(3)10-8(11-7)9(12)13-5-2/h4-5H2,1-3H3,(H,10,11). The topological polar surface area (TPSA) is 55.0 Å². The van der Waals surface area contributed by atoms with Crippen molar-refractivity contribution in [3.8, 4) is 0 Å². The largest absolute Gasteiger partial charge is 0.460 e. The van der Waals surface area contributed by atoms with E-state index in [0.717, 1.165) is 17.8 Å². The van der Waals surface area contributed by atoms with Gasteiger partial charge in [0.2, 0.25) is 5.82 Å². The van der Waals surface area contributed by atoms with Crippen molar-refractivity contribution >= 4 is 5.97 Å². The third kappa shape index (κ3) is 2.08. The van der Waals surface area contributed by atoms with Crippen LogP contribution >= 0.6 is 0 Å². The average molecular weight is 182 g/mol. The quantitative estimate of drug-likeness (QED) is 0.720. The second-order valence-corrected chi connectivity index (χ2v) is 2.72. The van der Waals surface area contributed by atoms with E-state index in [-0.39, 0.29) is 5.97 Å². The normalized spacial score (nSPS) is 10.1. The molecule has 4 heteroatoms. The van der Waals surface area contributed by atoms with Gasteiger partial charge in [-0.1, -0.05) is 6.92 Å². The van der Waals surface area contributed by atoms with Crippen molar-refractivity contribution in [1.82, 2.24) is 9.97 Å². The van der Waals surface area contributed by atoms with E-state index in [1.165, 1.54) is 0 Å². The predicted octanol–water partition coefficient (Wildman–Crippen LogP) is 1.46. The van der Waals surface area contributed by atoms with Gasteiger partial charge in [-0.2, -0.15) is 0 Å². The number of aromatic amines is 1. The van der Waals surface area contributed by atoms with Crippen LogP contribution in [-0.4, -0.2) is 22.5 Å². The van der Waals surface area contributed by atoms with E-state index in [1.807, 2.05) is 13.8 Å². The first-order chi connectivity index (χ1) is 6.19. The molecule has 0 atom stereocenters. The van der Waals surface area contributed by atoms with Gasteiger partial charge in [-0.3, -0.25) is 0 Å². The van der Waals surface area contributed by atoms with Crippen LogP contribution in [0.15, 0.2) is 0 Å². The molecule has 0 aliphatic rings. The van der Waals surface area contributed by atoms with Crippen molar-refractivity contribution in [3.05, 3.63) is 17.2 Å². The molecule has 13 heavy (non-hydrogen) atoms. The molecular formula is C9H14N2O2. The van der Waals surface area contributed by atoms with Gasteiger partial charge < -0.3 is 9.72 Å². The number of hydrogen-bond acceptors (Lipinski definition) is 3. The first kappa shape index (κ1) is 9.77. The Bertz CT molecular complexity index is 305. The summed E-state index contributed by atoms with van der Waals surface area (Å²) >= 11 is 0. The maximum atomic E-state index is 11.2. The van der Waals surface area contributed by atoms with Crippen molar-refractivity contribution in [3.63, 3.8) is 0 Å². The van der Waals surface area contributed by atoms with Crippen LogP contribution in [0.5, 0.6) is 0 Å². The van der Waals surface area contributed by atoms with Gasteiger partial charge in [0.05, 0.1) is 12.3 Å². The zero-order chi connectivity index (χ0) is 9.84. The van der Waals surface area contributed by atoms with E-state index in [2.05, 4.69) is 9.97 Å². The lowest BCUT2D eigenvalue weighted by Gasteiger charge is -1.95. The van der Waals surface area contributed by atoms with E-state index < -0.39 is 0 Å². The number of hydrogen-bond donors (Lipinski definition) is 1. The van der Waals surface area contributed by atoms with E-state index in [0.29, 0.717) is 12.4 Å². The number of carbonyl (C=O) groups is 1. The van der Waals surface area contributed by atoms with E-state index in [4.69, 9.17) is 4.74 Å². The minimum absolute atomic E-state index is 0.302. The smallest absolute Gasteiger partial charge is 0.374 e. The van der Waals surface area contributed by atoms with Crippen LogP contribution in [0.4, 0.5) is 0 Å². The Labute approximate surface area is 77.3 Å². The Morgan fingerprint density at radius 3 is 2.69 bits per heavy atom. The molecule has 0 saturated heterocycles. The molecule has 0 aromatic carbocycles. The summed E-state index contributed by atoms with van der Waals surface area (Å²) in [6.45, 7) is 6.03. The van der Waals surface area contributed by atoms with Crippen LogP contribution in [0.3, 0.4) is 0 Å². The highest BCUT2D eigenvalue weighted by Crippen LogP contribution is 2.06. The summed E-state index contributed by atoms with van der Waals surface area (Å²) in [7, 11) is 0. The number of aryl methyl sites for hydroxylation is 2. The Kier molecular flexibility index (Phi) is 3.06. The number of carbonyl (C=O) groups excluding carboxylic acids is 1. The Morgan fingerprint density at radius 1 is 1.54 bits per heavy atom. The molecule has 0 fully saturated rings. The fraction of sp³-hybridized carbons (Fsp3) is 0.556. The Morgan fingerprint density at radius 2 is 2.23 bits per heavy atom. The van der Waals surface area contributed by atoms with Gasteiger partial charge in [-0.05, 0) is 20.3 Å². The summed E-state index contributed by atoms with van der Waals surface area (Å²) in [4.78, 5) is 18.2. The minimum atomic E-state index is -0.384. The van der Waals surface area contributed by atoms with Gasteiger partial charge >= 0.3 is 5.97 Å². The van der Waals surface area contributed by atoms with E-state index in [1.54, 1.807) is 6.92 Å². The van der Waals surface area contributed by atoms with Crippen LogP contribution in [0.25, 0.3) is 0 Å². The number of rotatable bonds is 3. The molecule has 4 nitrogen and oxygen atoms in total. The highest BCUT2D eigenvalue weighted by atomic mass is 16.5. The number of imidazole rings is 1. The van der Waals surface area contributed by atoms with E-state index >= 15 is 0 Å². The minimum Gasteiger partial charge on any atom is -0.460 e. The van der Waals surface area contributed by atoms with Crippen molar-refractivity contribution < 1.29 is 9.53 Å². The van der Waals surface area contributed by atoms with Crippen molar-refractivity contribution in [2.45, 2.75) is 27.2 Å². The highest BCUT2D eigenvalue weighted by Gasteiger charge is 2.12. The van der Waals surface area contributed by atoms with Crippen LogP contribution in [-0.2, 0) is 11.2 Å². The third-order valence-corrected chi connectivity index (χ3v) is 1.81. The molecule has 1 heterocycles. The number of nitrogens with one attached hydrogen (secondary N) is 1. The van der Waals surface area contributed by atoms with Crippen LogP contribution in [0.1, 0.15) is 35.9 Å². The number of aromatic nitrogens is 2. The van der Waals surface area contributed by atoms with E-state index in [9.17, 15) is 4.79 Å². The molecular weight excluding hydrogens is 168 g/mol. The Hall–Kier alpha value is -1.32. The Balaban J connectivity index is 2.84. The zero-order valence-corrected chi connectivity index (χ0v) is 8.18. The summed E-state index contributed by atoms with van der Waals surface area (Å²) in [5, 5.41) is 0. The molecule has 0 radical (unpaired) electrons. The molecule has 0 amide bonds. The molecule has 1 N–H and O–H groups in total. The van der Waals surface area contributed by atoms with Crippen LogP contribution in [0, 0.1) is 6.92 Å². The maximum absolute atomic E-state index is 11.2. The number of nitrogens with zero attached hydrogens (tertiary/aromatic N) is 1. The molecule has 0 aliphatic carbocycles. The number of esters is 1. The molecule has 72 valence electrons. The SMILES string of the molecule is CCOC(=O)c1nc(C)c(CC)[nH]1. The van der Waals surface area contributed by atoms with Gasteiger partial charge in [0, 0.05) is 5.69 Å². The van der Waals surface area contributed by atoms with Crippen LogP contribution in [0.2, 0.25) is 0 Å². The highest BCUT2D eigenvalue weighted by molar-refractivity contribution is 5.85. The second kappa shape index (κ2) is 4.07. The fourth-order valence-electron chi connectivity index (χ4n) is 1.14. The summed E-state index contributed by atoms with van der Waals surface area (Å²) in [6.07, 6.45) is 0.845. The summed E-state index contributed by atoms with van der Waals surface area (Å²) in [5.74, 6) is -0.0819. The maximum Gasteiger partial charge on any atom is 0.374 e. The average Bonchev–Trinajstić information content (AvgIpc) is 2.47. The fourth-order valence-corrected chi connectivity index (χ4v) is 1.14. The second-order valence-electron chi connectivity index (χ2n) is 2.72. The predicted molar refractivity (Wildman–Crippen MR) is 48.7 cm³/mol. The van der Waals surface area contributed by atoms with Crippen molar-refractivity contribution in [2.75, 3.05) is 6.61 Å². The van der Waals surface area contributed by atoms with Crippen molar-refractivity contribution in [1.29, 1.82) is 0 Å². The van der Waals surface area contributed by atoms with Crippen molar-refractivity contribution in [2.24, 2.45) is 0 Å². The lowest BCUT2D eigenvalue weighted by Crippen LogP contribution is -2.06. The summed E-state index contributed by atoms with van der Waals surface area (Å²) < 4.78 is 4.81. The first-order valence-corrected chi connectivity index (χ1v) is 4.41. The lowest BCUT2D eigenvalue weighted by atomic mass is 10.3. The van der Waals surface area contributed by atoms with Gasteiger partial charge in [0.1, 0.15) is 0 Å². The molecule has 0 unspecified atom stereocenters. The van der Waals surface area contributed by atoms with Gasteiger partial charge in [0.15, 0.2) is 0 Å². The molecule has 1 aromatic heterocycles. The van der Waals surface area contributed by atoms with Crippen LogP contribution < -0.4 is 0 Å². The number of ether oxygens (including phenoxy) is 1. The van der Waals surface area contributed by atoms with Gasteiger partial charge in [-0.15, -0.1) is 0 Å². The number of H-pyrrole nitrogens is 1. The third-order valence-electron chi connectivity index (χ3n) is 1.81. The van der Waals surface area contributed by atoms with Gasteiger partial charge in [0.25, 0.3) is 0 Å². The first-order valence-electron chi connectivity index (χ1n) is 4.41. The molecule has 0 aliphatic heterocycles. The molecule has 1 rings (SSSR count). The molecule has 0 saturated carbocycles. The van der Waals surface area contributed by atoms with Gasteiger partial charge in [-0.25, -0.2) is 9.78 Å². The summed E-state index contributed by atoms with van der Waals surface area (Å²) in [5.41, 5.74) is 1.86. The molecule has 0 bridgehead atoms. The monoisotopic (exact) mass is 182 g/mol. The molecule has 0 spiro atoms.